The Morgan fingerprint density at radius 2 is 1.95 bits per heavy atom. The molecule has 0 aliphatic carbocycles. The summed E-state index contributed by atoms with van der Waals surface area (Å²) in [5.74, 6) is 0.881. The zero-order valence-electron chi connectivity index (χ0n) is 12.4. The Bertz CT molecular complexity index is 820. The molecule has 6 heteroatoms. The number of aryl methyl sites for hydroxylation is 1. The van der Waals surface area contributed by atoms with Gasteiger partial charge in [-0.15, -0.1) is 5.10 Å². The summed E-state index contributed by atoms with van der Waals surface area (Å²) in [7, 11) is 0. The summed E-state index contributed by atoms with van der Waals surface area (Å²) in [5, 5.41) is 4.53. The number of fused-ring (bicyclic) bond motifs is 1. The minimum Gasteiger partial charge on any atom is -0.270 e. The van der Waals surface area contributed by atoms with E-state index in [4.69, 9.17) is 0 Å². The molecule has 0 bridgehead atoms. The molecule has 1 aliphatic rings. The van der Waals surface area contributed by atoms with Crippen molar-refractivity contribution in [3.05, 3.63) is 59.4 Å². The number of hydrogen-bond donors (Lipinski definition) is 0. The summed E-state index contributed by atoms with van der Waals surface area (Å²) >= 11 is 0. The standard InChI is InChI=1S/C16H16FN5/c1-10-11(2)21(9-18-10)16-19-15-13(17)8-14(22(15)20-16)12-6-4-3-5-7-12/h3-7,9,13-14H,8H2,1-2H3/t13-,14-/m0/s1. The van der Waals surface area contributed by atoms with Crippen molar-refractivity contribution in [3.63, 3.8) is 0 Å². The predicted molar refractivity (Wildman–Crippen MR) is 79.7 cm³/mol. The Balaban J connectivity index is 1.79. The van der Waals surface area contributed by atoms with Gasteiger partial charge in [0.05, 0.1) is 11.7 Å². The normalized spacial score (nSPS) is 20.3. The predicted octanol–water partition coefficient (Wildman–Crippen LogP) is 3.08. The van der Waals surface area contributed by atoms with E-state index < -0.39 is 6.17 Å². The first-order valence-corrected chi connectivity index (χ1v) is 7.31. The van der Waals surface area contributed by atoms with Crippen LogP contribution in [0.2, 0.25) is 0 Å². The van der Waals surface area contributed by atoms with E-state index in [9.17, 15) is 4.39 Å². The third-order valence-corrected chi connectivity index (χ3v) is 4.30. The number of rotatable bonds is 2. The number of nitrogens with zero attached hydrogens (tertiary/aromatic N) is 5. The maximum atomic E-state index is 14.3. The quantitative estimate of drug-likeness (QED) is 0.730. The van der Waals surface area contributed by atoms with Gasteiger partial charge in [0.1, 0.15) is 6.33 Å². The van der Waals surface area contributed by atoms with Crippen LogP contribution >= 0.6 is 0 Å². The van der Waals surface area contributed by atoms with Crippen LogP contribution in [-0.2, 0) is 0 Å². The lowest BCUT2D eigenvalue weighted by molar-refractivity contribution is 0.328. The highest BCUT2D eigenvalue weighted by atomic mass is 19.1. The second kappa shape index (κ2) is 4.76. The summed E-state index contributed by atoms with van der Waals surface area (Å²) in [6.45, 7) is 3.89. The minimum atomic E-state index is -1.09. The van der Waals surface area contributed by atoms with Gasteiger partial charge >= 0.3 is 0 Å². The maximum Gasteiger partial charge on any atom is 0.254 e. The summed E-state index contributed by atoms with van der Waals surface area (Å²) in [4.78, 5) is 8.64. The monoisotopic (exact) mass is 297 g/mol. The highest BCUT2D eigenvalue weighted by Crippen LogP contribution is 2.39. The molecule has 4 rings (SSSR count). The fourth-order valence-corrected chi connectivity index (χ4v) is 2.92. The van der Waals surface area contributed by atoms with E-state index in [1.165, 1.54) is 0 Å². The summed E-state index contributed by atoms with van der Waals surface area (Å²) in [6.07, 6.45) is 0.985. The molecule has 2 aromatic heterocycles. The molecule has 0 N–H and O–H groups in total. The smallest absolute Gasteiger partial charge is 0.254 e. The highest BCUT2D eigenvalue weighted by molar-refractivity contribution is 5.27. The molecule has 0 radical (unpaired) electrons. The molecule has 0 saturated carbocycles. The third kappa shape index (κ3) is 1.87. The Morgan fingerprint density at radius 3 is 2.64 bits per heavy atom. The van der Waals surface area contributed by atoms with Crippen molar-refractivity contribution in [2.45, 2.75) is 32.5 Å². The van der Waals surface area contributed by atoms with Gasteiger partial charge in [-0.2, -0.15) is 4.98 Å². The molecule has 112 valence electrons. The van der Waals surface area contributed by atoms with E-state index in [1.807, 2.05) is 44.2 Å². The molecule has 22 heavy (non-hydrogen) atoms. The lowest BCUT2D eigenvalue weighted by atomic mass is 10.0. The van der Waals surface area contributed by atoms with Gasteiger partial charge in [-0.25, -0.2) is 14.1 Å². The van der Waals surface area contributed by atoms with E-state index in [2.05, 4.69) is 15.1 Å². The lowest BCUT2D eigenvalue weighted by Gasteiger charge is -2.11. The summed E-state index contributed by atoms with van der Waals surface area (Å²) < 4.78 is 17.9. The Labute approximate surface area is 127 Å². The van der Waals surface area contributed by atoms with Crippen LogP contribution in [0.25, 0.3) is 5.95 Å². The SMILES string of the molecule is Cc1ncn(-c2nc3n(n2)[C@H](c2ccccc2)C[C@@H]3F)c1C. The number of halogens is 1. The van der Waals surface area contributed by atoms with Crippen LogP contribution in [-0.4, -0.2) is 24.3 Å². The number of imidazole rings is 1. The molecular formula is C16H16FN5. The average molecular weight is 297 g/mol. The first-order valence-electron chi connectivity index (χ1n) is 7.31. The Hall–Kier alpha value is -2.50. The second-order valence-electron chi connectivity index (χ2n) is 5.63. The number of alkyl halides is 1. The van der Waals surface area contributed by atoms with Crippen molar-refractivity contribution in [3.8, 4) is 5.95 Å². The van der Waals surface area contributed by atoms with E-state index in [0.29, 0.717) is 18.2 Å². The van der Waals surface area contributed by atoms with Crippen LogP contribution in [0.5, 0.6) is 0 Å². The van der Waals surface area contributed by atoms with Crippen molar-refractivity contribution in [1.82, 2.24) is 24.3 Å². The number of benzene rings is 1. The molecule has 3 heterocycles. The van der Waals surface area contributed by atoms with Gasteiger partial charge in [-0.1, -0.05) is 30.3 Å². The topological polar surface area (TPSA) is 48.5 Å². The highest BCUT2D eigenvalue weighted by Gasteiger charge is 2.35. The van der Waals surface area contributed by atoms with Crippen LogP contribution in [0.4, 0.5) is 4.39 Å². The van der Waals surface area contributed by atoms with Crippen molar-refractivity contribution in [1.29, 1.82) is 0 Å². The molecule has 1 aliphatic heterocycles. The van der Waals surface area contributed by atoms with E-state index in [-0.39, 0.29) is 6.04 Å². The zero-order valence-corrected chi connectivity index (χ0v) is 12.4. The van der Waals surface area contributed by atoms with Gasteiger partial charge < -0.3 is 0 Å². The van der Waals surface area contributed by atoms with Crippen LogP contribution in [0.3, 0.4) is 0 Å². The maximum absolute atomic E-state index is 14.3. The van der Waals surface area contributed by atoms with E-state index in [0.717, 1.165) is 17.0 Å². The largest absolute Gasteiger partial charge is 0.270 e. The van der Waals surface area contributed by atoms with Crippen LogP contribution < -0.4 is 0 Å². The molecule has 0 spiro atoms. The zero-order chi connectivity index (χ0) is 15.3. The average Bonchev–Trinajstić information content (AvgIpc) is 3.18. The van der Waals surface area contributed by atoms with Gasteiger partial charge in [-0.05, 0) is 19.4 Å². The second-order valence-corrected chi connectivity index (χ2v) is 5.63. The molecule has 0 amide bonds. The van der Waals surface area contributed by atoms with Gasteiger partial charge in [-0.3, -0.25) is 4.57 Å². The van der Waals surface area contributed by atoms with Crippen molar-refractivity contribution >= 4 is 0 Å². The van der Waals surface area contributed by atoms with Crippen LogP contribution in [0, 0.1) is 13.8 Å². The minimum absolute atomic E-state index is 0.0997. The molecule has 0 saturated heterocycles. The third-order valence-electron chi connectivity index (χ3n) is 4.30. The molecule has 2 atom stereocenters. The van der Waals surface area contributed by atoms with Gasteiger partial charge in [0.25, 0.3) is 5.95 Å². The Morgan fingerprint density at radius 1 is 1.18 bits per heavy atom. The van der Waals surface area contributed by atoms with E-state index >= 15 is 0 Å². The first kappa shape index (κ1) is 13.2. The summed E-state index contributed by atoms with van der Waals surface area (Å²) in [6, 6.07) is 9.78. The fraction of sp³-hybridized carbons (Fsp3) is 0.312. The molecule has 5 nitrogen and oxygen atoms in total. The Kier molecular flexibility index (Phi) is 2.85. The molecule has 0 unspecified atom stereocenters. The van der Waals surface area contributed by atoms with Crippen molar-refractivity contribution in [2.24, 2.45) is 0 Å². The van der Waals surface area contributed by atoms with Gasteiger partial charge in [0.15, 0.2) is 12.0 Å². The molecular weight excluding hydrogens is 281 g/mol. The van der Waals surface area contributed by atoms with Crippen LogP contribution in [0.1, 0.15) is 41.4 Å². The van der Waals surface area contributed by atoms with Crippen LogP contribution in [0.15, 0.2) is 36.7 Å². The van der Waals surface area contributed by atoms with Gasteiger partial charge in [0, 0.05) is 12.1 Å². The van der Waals surface area contributed by atoms with Crippen molar-refractivity contribution < 1.29 is 4.39 Å². The summed E-state index contributed by atoms with van der Waals surface area (Å²) in [5.41, 5.74) is 2.95. The first-order chi connectivity index (χ1) is 10.6. The lowest BCUT2D eigenvalue weighted by Crippen LogP contribution is -2.08. The molecule has 1 aromatic carbocycles. The molecule has 3 aromatic rings. The fourth-order valence-electron chi connectivity index (χ4n) is 2.92. The molecule has 0 fully saturated rings. The number of aromatic nitrogens is 5. The van der Waals surface area contributed by atoms with E-state index in [1.54, 1.807) is 15.6 Å². The number of hydrogen-bond acceptors (Lipinski definition) is 3. The van der Waals surface area contributed by atoms with Crippen molar-refractivity contribution in [2.75, 3.05) is 0 Å². The van der Waals surface area contributed by atoms with Gasteiger partial charge in [0.2, 0.25) is 0 Å².